The molecule has 1 rings (SSSR count). The van der Waals surface area contributed by atoms with Gasteiger partial charge in [-0.1, -0.05) is 18.8 Å². The summed E-state index contributed by atoms with van der Waals surface area (Å²) in [5.41, 5.74) is 5.98. The van der Waals surface area contributed by atoms with Crippen LogP contribution < -0.4 is 11.1 Å². The summed E-state index contributed by atoms with van der Waals surface area (Å²) in [5, 5.41) is 31.1. The molecular weight excluding hydrogens is 275 g/mol. The summed E-state index contributed by atoms with van der Waals surface area (Å²) in [6.07, 6.45) is 7.27. The molecule has 0 aliphatic carbocycles. The number of nitrogens with one attached hydrogen (secondary N) is 1. The van der Waals surface area contributed by atoms with E-state index in [0.29, 0.717) is 31.4 Å². The molecule has 1 atom stereocenters. The largest absolute Gasteiger partial charge is 0.451 e. The van der Waals surface area contributed by atoms with Gasteiger partial charge in [0.15, 0.2) is 5.82 Å². The van der Waals surface area contributed by atoms with E-state index in [0.717, 1.165) is 0 Å². The number of nitrogens with zero attached hydrogens (tertiary/aromatic N) is 4. The number of unbranched alkanes of at least 4 members (excludes halogenated alkanes) is 1. The second kappa shape index (κ2) is 9.07. The predicted molar refractivity (Wildman–Crippen MR) is 75.4 cm³/mol. The Morgan fingerprint density at radius 1 is 1.52 bits per heavy atom. The number of amides is 1. The van der Waals surface area contributed by atoms with Crippen LogP contribution in [0, 0.1) is 12.3 Å². The van der Waals surface area contributed by atoms with Crippen molar-refractivity contribution in [3.8, 4) is 12.3 Å². The van der Waals surface area contributed by atoms with Crippen LogP contribution in [0.2, 0.25) is 6.32 Å². The summed E-state index contributed by atoms with van der Waals surface area (Å²) in [6.45, 7) is 0.0961. The van der Waals surface area contributed by atoms with Crippen LogP contribution in [0.4, 0.5) is 0 Å². The average Bonchev–Trinajstić information content (AvgIpc) is 2.89. The van der Waals surface area contributed by atoms with E-state index in [-0.39, 0.29) is 19.0 Å². The summed E-state index contributed by atoms with van der Waals surface area (Å²) in [6, 6.07) is -0.420. The molecule has 0 saturated carbocycles. The number of hydrogen-bond donors (Lipinski definition) is 4. The van der Waals surface area contributed by atoms with E-state index in [1.54, 1.807) is 0 Å². The first-order chi connectivity index (χ1) is 10.0. The first-order valence-corrected chi connectivity index (χ1v) is 6.62. The number of carbonyl (C=O) groups is 1. The molecule has 0 unspecified atom stereocenters. The van der Waals surface area contributed by atoms with Gasteiger partial charge in [0.25, 0.3) is 0 Å². The second-order valence-electron chi connectivity index (χ2n) is 4.55. The lowest BCUT2D eigenvalue weighted by molar-refractivity contribution is -0.121. The molecule has 1 heterocycles. The molecule has 1 amide bonds. The molecule has 0 aliphatic rings. The number of rotatable bonds is 9. The average molecular weight is 294 g/mol. The highest BCUT2D eigenvalue weighted by Gasteiger charge is 2.17. The predicted octanol–water partition coefficient (Wildman–Crippen LogP) is -1.93. The highest BCUT2D eigenvalue weighted by atomic mass is 16.4. The zero-order valence-corrected chi connectivity index (χ0v) is 11.6. The number of hydrogen-bond acceptors (Lipinski definition) is 7. The molecule has 0 spiro atoms. The summed E-state index contributed by atoms with van der Waals surface area (Å²) < 4.78 is 1.33. The van der Waals surface area contributed by atoms with Gasteiger partial charge in [-0.3, -0.25) is 4.79 Å². The van der Waals surface area contributed by atoms with Gasteiger partial charge in [-0.15, -0.1) is 11.5 Å². The molecule has 0 saturated heterocycles. The number of nitrogens with two attached hydrogens (primary N) is 1. The van der Waals surface area contributed by atoms with Crippen molar-refractivity contribution in [3.05, 3.63) is 5.82 Å². The van der Waals surface area contributed by atoms with Crippen molar-refractivity contribution in [2.75, 3.05) is 6.54 Å². The summed E-state index contributed by atoms with van der Waals surface area (Å²) in [5.74, 6) is 2.42. The normalized spacial score (nSPS) is 11.7. The van der Waals surface area contributed by atoms with Crippen molar-refractivity contribution in [2.24, 2.45) is 5.73 Å². The van der Waals surface area contributed by atoms with Gasteiger partial charge in [-0.25, -0.2) is 4.68 Å². The van der Waals surface area contributed by atoms with Crippen LogP contribution in [0.3, 0.4) is 0 Å². The summed E-state index contributed by atoms with van der Waals surface area (Å²) in [7, 11) is -1.30. The van der Waals surface area contributed by atoms with Crippen molar-refractivity contribution >= 4 is 13.0 Å². The minimum absolute atomic E-state index is 0.0485. The third-order valence-electron chi connectivity index (χ3n) is 2.80. The minimum atomic E-state index is -1.30. The van der Waals surface area contributed by atoms with Crippen LogP contribution in [0.25, 0.3) is 0 Å². The smallest absolute Gasteiger partial charge is 0.427 e. The molecule has 0 bridgehead atoms. The van der Waals surface area contributed by atoms with Gasteiger partial charge >= 0.3 is 7.12 Å². The van der Waals surface area contributed by atoms with Crippen molar-refractivity contribution < 1.29 is 14.8 Å². The Labute approximate surface area is 123 Å². The molecule has 114 valence electrons. The third-order valence-corrected chi connectivity index (χ3v) is 2.80. The Balaban J connectivity index is 2.46. The van der Waals surface area contributed by atoms with Crippen LogP contribution in [0.5, 0.6) is 0 Å². The first kappa shape index (κ1) is 17.1. The van der Waals surface area contributed by atoms with Gasteiger partial charge in [0.2, 0.25) is 5.91 Å². The van der Waals surface area contributed by atoms with Crippen molar-refractivity contribution in [3.63, 3.8) is 0 Å². The molecule has 1 aromatic heterocycles. The van der Waals surface area contributed by atoms with Crippen molar-refractivity contribution in [1.82, 2.24) is 25.5 Å². The quantitative estimate of drug-likeness (QED) is 0.236. The maximum Gasteiger partial charge on any atom is 0.451 e. The number of carbonyl (C=O) groups excluding carboxylic acids is 1. The zero-order valence-electron chi connectivity index (χ0n) is 11.6. The fourth-order valence-electron chi connectivity index (χ4n) is 1.75. The lowest BCUT2D eigenvalue weighted by Gasteiger charge is -2.11. The Bertz CT molecular complexity index is 487. The van der Waals surface area contributed by atoms with Crippen LogP contribution >= 0.6 is 0 Å². The molecule has 0 aromatic carbocycles. The van der Waals surface area contributed by atoms with E-state index >= 15 is 0 Å². The molecule has 0 aliphatic heterocycles. The van der Waals surface area contributed by atoms with E-state index in [1.165, 1.54) is 4.68 Å². The van der Waals surface area contributed by atoms with E-state index in [4.69, 9.17) is 22.2 Å². The highest BCUT2D eigenvalue weighted by molar-refractivity contribution is 6.40. The zero-order chi connectivity index (χ0) is 15.7. The van der Waals surface area contributed by atoms with E-state index in [2.05, 4.69) is 26.8 Å². The lowest BCUT2D eigenvalue weighted by Crippen LogP contribution is -2.30. The van der Waals surface area contributed by atoms with E-state index < -0.39 is 13.2 Å². The minimum Gasteiger partial charge on any atom is -0.427 e. The lowest BCUT2D eigenvalue weighted by atomic mass is 9.83. The Morgan fingerprint density at radius 3 is 2.95 bits per heavy atom. The van der Waals surface area contributed by atoms with Crippen LogP contribution in [0.1, 0.15) is 31.1 Å². The van der Waals surface area contributed by atoms with Gasteiger partial charge in [0.1, 0.15) is 6.54 Å². The SMILES string of the molecule is C#CCNC(=O)Cn1nnnc1[C@H](N)CCCCB(O)O. The molecule has 10 heteroatoms. The van der Waals surface area contributed by atoms with Crippen LogP contribution in [0.15, 0.2) is 0 Å². The molecule has 1 aromatic rings. The Kier molecular flexibility index (Phi) is 7.38. The van der Waals surface area contributed by atoms with Gasteiger partial charge in [-0.2, -0.15) is 0 Å². The van der Waals surface area contributed by atoms with Crippen LogP contribution in [-0.4, -0.2) is 49.8 Å². The third kappa shape index (κ3) is 6.35. The van der Waals surface area contributed by atoms with Crippen LogP contribution in [-0.2, 0) is 11.3 Å². The van der Waals surface area contributed by atoms with Crippen molar-refractivity contribution in [1.29, 1.82) is 0 Å². The number of tetrazole rings is 1. The maximum absolute atomic E-state index is 11.6. The highest BCUT2D eigenvalue weighted by Crippen LogP contribution is 2.14. The Morgan fingerprint density at radius 2 is 2.29 bits per heavy atom. The molecular formula is C11H19BN6O3. The molecule has 0 radical (unpaired) electrons. The Hall–Kier alpha value is -1.96. The van der Waals surface area contributed by atoms with E-state index in [1.807, 2.05) is 0 Å². The summed E-state index contributed by atoms with van der Waals surface area (Å²) >= 11 is 0. The fourth-order valence-corrected chi connectivity index (χ4v) is 1.75. The van der Waals surface area contributed by atoms with Gasteiger partial charge in [-0.05, 0) is 23.2 Å². The first-order valence-electron chi connectivity index (χ1n) is 6.62. The van der Waals surface area contributed by atoms with E-state index in [9.17, 15) is 4.79 Å². The second-order valence-corrected chi connectivity index (χ2v) is 4.55. The van der Waals surface area contributed by atoms with Gasteiger partial charge in [0.05, 0.1) is 12.6 Å². The monoisotopic (exact) mass is 294 g/mol. The van der Waals surface area contributed by atoms with Gasteiger partial charge in [0, 0.05) is 0 Å². The van der Waals surface area contributed by atoms with Crippen molar-refractivity contribution in [2.45, 2.75) is 38.2 Å². The fraction of sp³-hybridized carbons (Fsp3) is 0.636. The molecule has 0 fully saturated rings. The molecule has 9 nitrogen and oxygen atoms in total. The van der Waals surface area contributed by atoms with Gasteiger partial charge < -0.3 is 21.1 Å². The molecule has 21 heavy (non-hydrogen) atoms. The maximum atomic E-state index is 11.6. The number of aromatic nitrogens is 4. The summed E-state index contributed by atoms with van der Waals surface area (Å²) in [4.78, 5) is 11.6. The number of terminal acetylenes is 1. The standard InChI is InChI=1S/C11H19BN6O3/c1-2-7-14-10(19)8-18-11(15-16-17-18)9(13)5-3-4-6-12(20)21/h1,9,20-21H,3-8,13H2,(H,14,19)/t9-/m1/s1. The molecule has 5 N–H and O–H groups in total. The topological polar surface area (TPSA) is 139 Å².